The van der Waals surface area contributed by atoms with Gasteiger partial charge in [-0.15, -0.1) is 0 Å². The number of fused-ring (bicyclic) bond motifs is 2. The van der Waals surface area contributed by atoms with Gasteiger partial charge in [0.1, 0.15) is 35.5 Å². The Bertz CT molecular complexity index is 1120. The molecule has 0 bridgehead atoms. The molecular formula is C22H23BrFN3O3. The number of benzene rings is 1. The molecule has 1 aliphatic carbocycles. The van der Waals surface area contributed by atoms with Gasteiger partial charge in [-0.2, -0.15) is 0 Å². The molecule has 5 rings (SSSR count). The minimum absolute atomic E-state index is 0.283. The number of aromatic nitrogens is 2. The second-order valence-electron chi connectivity index (χ2n) is 8.08. The third-order valence-electron chi connectivity index (χ3n) is 6.32. The molecule has 6 nitrogen and oxygen atoms in total. The highest BCUT2D eigenvalue weighted by atomic mass is 79.9. The van der Waals surface area contributed by atoms with Crippen LogP contribution in [-0.4, -0.2) is 44.6 Å². The Hall–Kier alpha value is -2.00. The lowest BCUT2D eigenvalue weighted by Crippen LogP contribution is -2.35. The third-order valence-corrected chi connectivity index (χ3v) is 6.89. The Morgan fingerprint density at radius 3 is 2.93 bits per heavy atom. The highest BCUT2D eigenvalue weighted by Crippen LogP contribution is 2.39. The van der Waals surface area contributed by atoms with Gasteiger partial charge in [0.2, 0.25) is 0 Å². The Labute approximate surface area is 181 Å². The van der Waals surface area contributed by atoms with Crippen LogP contribution in [0.25, 0.3) is 11.0 Å². The van der Waals surface area contributed by atoms with Crippen molar-refractivity contribution in [1.29, 1.82) is 0 Å². The number of rotatable bonds is 3. The standard InChI is InChI=1S/C22H23BrFN3O3/c1-11-2-6-26-22-12(11)4-7-27(22)16-9-18(21(29)20(16)28)30-17-8-15(23)19(24)14-10-25-5-3-13(14)17/h2,4,6-8,16,18,20-21,25,28-29H,3,5,9-10H2,1H3/t16-,18+,20+,21-/m1/s1. The van der Waals surface area contributed by atoms with Gasteiger partial charge < -0.3 is 24.8 Å². The molecule has 1 saturated carbocycles. The second-order valence-corrected chi connectivity index (χ2v) is 8.94. The summed E-state index contributed by atoms with van der Waals surface area (Å²) in [5.74, 6) is 0.276. The van der Waals surface area contributed by atoms with Crippen molar-refractivity contribution >= 4 is 27.0 Å². The van der Waals surface area contributed by atoms with Gasteiger partial charge in [0.05, 0.1) is 10.5 Å². The zero-order valence-corrected chi connectivity index (χ0v) is 18.1. The molecule has 158 valence electrons. The lowest BCUT2D eigenvalue weighted by Gasteiger charge is -2.25. The van der Waals surface area contributed by atoms with Gasteiger partial charge in [-0.05, 0) is 59.6 Å². The van der Waals surface area contributed by atoms with E-state index in [2.05, 4.69) is 26.2 Å². The van der Waals surface area contributed by atoms with Crippen LogP contribution in [0.1, 0.15) is 29.2 Å². The van der Waals surface area contributed by atoms with Crippen LogP contribution in [0.2, 0.25) is 0 Å². The number of hydrogen-bond donors (Lipinski definition) is 3. The Balaban J connectivity index is 1.46. The van der Waals surface area contributed by atoms with Crippen LogP contribution in [-0.2, 0) is 13.0 Å². The fourth-order valence-electron chi connectivity index (χ4n) is 4.66. The van der Waals surface area contributed by atoms with Crippen molar-refractivity contribution in [3.05, 3.63) is 57.6 Å². The van der Waals surface area contributed by atoms with Crippen molar-refractivity contribution in [2.75, 3.05) is 6.54 Å². The molecule has 8 heteroatoms. The van der Waals surface area contributed by atoms with Gasteiger partial charge in [0.15, 0.2) is 0 Å². The Morgan fingerprint density at radius 2 is 2.10 bits per heavy atom. The predicted octanol–water partition coefficient (Wildman–Crippen LogP) is 3.01. The monoisotopic (exact) mass is 475 g/mol. The molecule has 0 radical (unpaired) electrons. The number of nitrogens with one attached hydrogen (secondary N) is 1. The van der Waals surface area contributed by atoms with Crippen LogP contribution >= 0.6 is 15.9 Å². The van der Waals surface area contributed by atoms with Gasteiger partial charge in [0, 0.05) is 41.9 Å². The van der Waals surface area contributed by atoms with Crippen molar-refractivity contribution in [3.63, 3.8) is 0 Å². The minimum Gasteiger partial charge on any atom is -0.487 e. The predicted molar refractivity (Wildman–Crippen MR) is 114 cm³/mol. The quantitative estimate of drug-likeness (QED) is 0.542. The summed E-state index contributed by atoms with van der Waals surface area (Å²) in [6, 6.07) is 5.19. The number of aliphatic hydroxyl groups is 2. The number of halogens is 2. The van der Waals surface area contributed by atoms with E-state index in [1.54, 1.807) is 12.3 Å². The van der Waals surface area contributed by atoms with Crippen LogP contribution in [0.15, 0.2) is 35.1 Å². The SMILES string of the molecule is Cc1ccnc2c1ccn2[C@@H]1C[C@H](Oc2cc(Br)c(F)c3c2CCNC3)[C@@H](O)[C@H]1O. The summed E-state index contributed by atoms with van der Waals surface area (Å²) in [4.78, 5) is 4.47. The van der Waals surface area contributed by atoms with Crippen LogP contribution in [0.3, 0.4) is 0 Å². The molecule has 0 amide bonds. The van der Waals surface area contributed by atoms with E-state index in [0.29, 0.717) is 35.2 Å². The molecule has 2 aromatic heterocycles. The Morgan fingerprint density at radius 1 is 1.27 bits per heavy atom. The number of hydrogen-bond acceptors (Lipinski definition) is 5. The van der Waals surface area contributed by atoms with Crippen LogP contribution in [0.4, 0.5) is 4.39 Å². The molecule has 1 aliphatic heterocycles. The molecule has 0 spiro atoms. The van der Waals surface area contributed by atoms with Crippen LogP contribution < -0.4 is 10.1 Å². The van der Waals surface area contributed by atoms with Crippen molar-refractivity contribution < 1.29 is 19.3 Å². The number of aliphatic hydroxyl groups excluding tert-OH is 2. The summed E-state index contributed by atoms with van der Waals surface area (Å²) in [5.41, 5.74) is 3.30. The second kappa shape index (κ2) is 7.60. The first kappa shape index (κ1) is 19.9. The summed E-state index contributed by atoms with van der Waals surface area (Å²) in [5, 5.41) is 25.7. The summed E-state index contributed by atoms with van der Waals surface area (Å²) >= 11 is 3.27. The summed E-state index contributed by atoms with van der Waals surface area (Å²) in [6.07, 6.45) is 2.06. The van der Waals surface area contributed by atoms with Crippen LogP contribution in [0.5, 0.6) is 5.75 Å². The van der Waals surface area contributed by atoms with Gasteiger partial charge in [-0.3, -0.25) is 0 Å². The average molecular weight is 476 g/mol. The van der Waals surface area contributed by atoms with E-state index >= 15 is 0 Å². The highest BCUT2D eigenvalue weighted by Gasteiger charge is 2.44. The Kier molecular flexibility index (Phi) is 5.05. The molecule has 3 aromatic rings. The molecule has 2 aliphatic rings. The van der Waals surface area contributed by atoms with Crippen molar-refractivity contribution in [2.45, 2.75) is 50.7 Å². The van der Waals surface area contributed by atoms with E-state index in [-0.39, 0.29) is 11.9 Å². The van der Waals surface area contributed by atoms with E-state index in [4.69, 9.17) is 4.74 Å². The van der Waals surface area contributed by atoms with E-state index < -0.39 is 18.3 Å². The van der Waals surface area contributed by atoms with Crippen molar-refractivity contribution in [2.24, 2.45) is 0 Å². The molecule has 0 saturated heterocycles. The third kappa shape index (κ3) is 3.13. The van der Waals surface area contributed by atoms with E-state index in [1.807, 2.05) is 29.8 Å². The summed E-state index contributed by atoms with van der Waals surface area (Å²) < 4.78 is 22.9. The highest BCUT2D eigenvalue weighted by molar-refractivity contribution is 9.10. The molecule has 1 aromatic carbocycles. The molecule has 3 heterocycles. The molecule has 0 unspecified atom stereocenters. The zero-order valence-electron chi connectivity index (χ0n) is 16.5. The smallest absolute Gasteiger partial charge is 0.142 e. The molecule has 4 atom stereocenters. The normalized spacial score (nSPS) is 26.2. The van der Waals surface area contributed by atoms with E-state index in [1.165, 1.54) is 0 Å². The first-order valence-electron chi connectivity index (χ1n) is 10.1. The maximum absolute atomic E-state index is 14.5. The minimum atomic E-state index is -1.06. The largest absolute Gasteiger partial charge is 0.487 e. The van der Waals surface area contributed by atoms with Crippen LogP contribution in [0, 0.1) is 12.7 Å². The van der Waals surface area contributed by atoms with Gasteiger partial charge in [-0.25, -0.2) is 9.37 Å². The van der Waals surface area contributed by atoms with E-state index in [0.717, 1.165) is 28.7 Å². The molecular weight excluding hydrogens is 453 g/mol. The van der Waals surface area contributed by atoms with Gasteiger partial charge in [-0.1, -0.05) is 0 Å². The topological polar surface area (TPSA) is 79.5 Å². The average Bonchev–Trinajstić information content (AvgIpc) is 3.29. The fourth-order valence-corrected chi connectivity index (χ4v) is 5.11. The maximum atomic E-state index is 14.5. The zero-order chi connectivity index (χ0) is 21.0. The van der Waals surface area contributed by atoms with Crippen molar-refractivity contribution in [1.82, 2.24) is 14.9 Å². The fraction of sp³-hybridized carbons (Fsp3) is 0.409. The molecule has 1 fully saturated rings. The summed E-state index contributed by atoms with van der Waals surface area (Å²) in [7, 11) is 0. The number of aryl methyl sites for hydroxylation is 1. The number of nitrogens with zero attached hydrogens (tertiary/aromatic N) is 2. The number of pyridine rings is 1. The van der Waals surface area contributed by atoms with Crippen molar-refractivity contribution in [3.8, 4) is 5.75 Å². The van der Waals surface area contributed by atoms with E-state index in [9.17, 15) is 14.6 Å². The first-order chi connectivity index (χ1) is 14.5. The maximum Gasteiger partial charge on any atom is 0.142 e. The molecule has 3 N–H and O–H groups in total. The number of ether oxygens (including phenoxy) is 1. The van der Waals surface area contributed by atoms with Gasteiger partial charge in [0.25, 0.3) is 0 Å². The lowest BCUT2D eigenvalue weighted by atomic mass is 9.99. The lowest BCUT2D eigenvalue weighted by molar-refractivity contribution is -0.0166. The molecule has 30 heavy (non-hydrogen) atoms. The van der Waals surface area contributed by atoms with Gasteiger partial charge >= 0.3 is 0 Å². The first-order valence-corrected chi connectivity index (χ1v) is 10.9. The summed E-state index contributed by atoms with van der Waals surface area (Å²) in [6.45, 7) is 3.20.